The third-order valence-corrected chi connectivity index (χ3v) is 7.99. The van der Waals surface area contributed by atoms with Crippen LogP contribution >= 0.6 is 0 Å². The number of benzene rings is 6. The molecule has 4 heteroatoms. The second-order valence-corrected chi connectivity index (χ2v) is 10.3. The number of nitrogens with zero attached hydrogens (tertiary/aromatic N) is 2. The number of rotatable bonds is 3. The highest BCUT2D eigenvalue weighted by Gasteiger charge is 2.19. The highest BCUT2D eigenvalue weighted by atomic mass is 16.3. The van der Waals surface area contributed by atoms with E-state index >= 15 is 0 Å². The Morgan fingerprint density at radius 1 is 0.405 bits per heavy atom. The number of furan rings is 2. The molecule has 0 fully saturated rings. The van der Waals surface area contributed by atoms with Crippen LogP contribution in [0.15, 0.2) is 130 Å². The number of fused-ring (bicyclic) bond motifs is 6. The van der Waals surface area contributed by atoms with Crippen molar-refractivity contribution in [3.63, 3.8) is 0 Å². The van der Waals surface area contributed by atoms with Gasteiger partial charge in [-0.05, 0) is 71.3 Å². The molecule has 0 aliphatic rings. The average Bonchev–Trinajstić information content (AvgIpc) is 3.61. The van der Waals surface area contributed by atoms with Crippen molar-refractivity contribution in [3.05, 3.63) is 132 Å². The van der Waals surface area contributed by atoms with Crippen molar-refractivity contribution in [2.24, 2.45) is 0 Å². The molecule has 0 aliphatic heterocycles. The Labute approximate surface area is 240 Å². The molecule has 0 atom stereocenters. The molecule has 0 amide bonds. The third kappa shape index (κ3) is 3.60. The molecule has 2 heterocycles. The SMILES string of the molecule is N#Cc1ccccc1-c1cc(-c2ccc3c(c2)oc2ccccc23)cc(-c2ccc3oc4ccccc4c3c2)c1C#N. The molecule has 0 N–H and O–H groups in total. The maximum atomic E-state index is 10.5. The standard InChI is InChI=1S/C38H20N2O2/c39-21-25-7-1-2-8-27(25)32-19-26(23-13-15-30-28-9-3-5-11-35(28)42-38(30)20-23)18-31(34(32)22-40)24-14-16-37-33(17-24)29-10-4-6-12-36(29)41-37/h1-20H. The van der Waals surface area contributed by atoms with Gasteiger partial charge in [0.1, 0.15) is 28.4 Å². The highest BCUT2D eigenvalue weighted by Crippen LogP contribution is 2.41. The van der Waals surface area contributed by atoms with Crippen molar-refractivity contribution < 1.29 is 8.83 Å². The number of para-hydroxylation sites is 2. The Kier molecular flexibility index (Phi) is 5.22. The molecule has 0 unspecified atom stereocenters. The van der Waals surface area contributed by atoms with Gasteiger partial charge < -0.3 is 8.83 Å². The van der Waals surface area contributed by atoms with Crippen LogP contribution in [0.5, 0.6) is 0 Å². The summed E-state index contributed by atoms with van der Waals surface area (Å²) in [4.78, 5) is 0. The van der Waals surface area contributed by atoms with E-state index in [-0.39, 0.29) is 0 Å². The summed E-state index contributed by atoms with van der Waals surface area (Å²) in [6.07, 6.45) is 0. The predicted octanol–water partition coefficient (Wildman–Crippen LogP) is 10.2. The first kappa shape index (κ1) is 23.8. The normalized spacial score (nSPS) is 11.3. The van der Waals surface area contributed by atoms with Crippen LogP contribution in [0, 0.1) is 22.7 Å². The minimum Gasteiger partial charge on any atom is -0.456 e. The maximum absolute atomic E-state index is 10.5. The lowest BCUT2D eigenvalue weighted by molar-refractivity contribution is 0.668. The van der Waals surface area contributed by atoms with Crippen LogP contribution in [0.2, 0.25) is 0 Å². The van der Waals surface area contributed by atoms with Gasteiger partial charge in [-0.2, -0.15) is 10.5 Å². The Morgan fingerprint density at radius 2 is 1.02 bits per heavy atom. The zero-order chi connectivity index (χ0) is 28.2. The zero-order valence-electron chi connectivity index (χ0n) is 22.3. The first-order chi connectivity index (χ1) is 20.7. The van der Waals surface area contributed by atoms with E-state index in [2.05, 4.69) is 42.5 Å². The van der Waals surface area contributed by atoms with Crippen molar-refractivity contribution in [3.8, 4) is 45.5 Å². The zero-order valence-corrected chi connectivity index (χ0v) is 22.3. The summed E-state index contributed by atoms with van der Waals surface area (Å²) >= 11 is 0. The summed E-state index contributed by atoms with van der Waals surface area (Å²) in [5.41, 5.74) is 9.27. The molecule has 0 radical (unpaired) electrons. The second-order valence-electron chi connectivity index (χ2n) is 10.3. The molecule has 0 saturated heterocycles. The van der Waals surface area contributed by atoms with Gasteiger partial charge >= 0.3 is 0 Å². The smallest absolute Gasteiger partial charge is 0.136 e. The van der Waals surface area contributed by atoms with Crippen LogP contribution in [0.4, 0.5) is 0 Å². The number of hydrogen-bond acceptors (Lipinski definition) is 4. The molecule has 0 aliphatic carbocycles. The fraction of sp³-hybridized carbons (Fsp3) is 0. The summed E-state index contributed by atoms with van der Waals surface area (Å²) in [5.74, 6) is 0. The van der Waals surface area contributed by atoms with Crippen molar-refractivity contribution in [2.45, 2.75) is 0 Å². The van der Waals surface area contributed by atoms with Crippen LogP contribution in [-0.2, 0) is 0 Å². The molecular weight excluding hydrogens is 516 g/mol. The Hall–Kier alpha value is -6.10. The second kappa shape index (κ2) is 9.24. The lowest BCUT2D eigenvalue weighted by Crippen LogP contribution is -1.94. The molecule has 8 rings (SSSR count). The molecule has 2 aromatic heterocycles. The molecule has 6 aromatic carbocycles. The summed E-state index contributed by atoms with van der Waals surface area (Å²) in [6.45, 7) is 0. The molecule has 8 aromatic rings. The van der Waals surface area contributed by atoms with E-state index in [1.54, 1.807) is 6.07 Å². The van der Waals surface area contributed by atoms with Gasteiger partial charge in [0.05, 0.1) is 17.2 Å². The average molecular weight is 537 g/mol. The van der Waals surface area contributed by atoms with Crippen LogP contribution in [0.3, 0.4) is 0 Å². The van der Waals surface area contributed by atoms with E-state index in [4.69, 9.17) is 8.83 Å². The summed E-state index contributed by atoms with van der Waals surface area (Å²) in [7, 11) is 0. The molecule has 0 bridgehead atoms. The molecular formula is C38H20N2O2. The fourth-order valence-electron chi connectivity index (χ4n) is 5.98. The molecule has 0 saturated carbocycles. The topological polar surface area (TPSA) is 73.9 Å². The first-order valence-corrected chi connectivity index (χ1v) is 13.6. The minimum atomic E-state index is 0.512. The van der Waals surface area contributed by atoms with E-state index in [0.29, 0.717) is 16.7 Å². The van der Waals surface area contributed by atoms with Crippen LogP contribution in [0.1, 0.15) is 11.1 Å². The van der Waals surface area contributed by atoms with Crippen LogP contribution in [0.25, 0.3) is 77.3 Å². The van der Waals surface area contributed by atoms with E-state index in [9.17, 15) is 10.5 Å². The lowest BCUT2D eigenvalue weighted by Gasteiger charge is -2.15. The summed E-state index contributed by atoms with van der Waals surface area (Å²) in [5, 5.41) is 24.6. The van der Waals surface area contributed by atoms with Crippen LogP contribution < -0.4 is 0 Å². The summed E-state index contributed by atoms with van der Waals surface area (Å²) in [6, 6.07) is 44.5. The van der Waals surface area contributed by atoms with Gasteiger partial charge in [0.15, 0.2) is 0 Å². The number of hydrogen-bond donors (Lipinski definition) is 0. The number of nitriles is 2. The summed E-state index contributed by atoms with van der Waals surface area (Å²) < 4.78 is 12.3. The largest absolute Gasteiger partial charge is 0.456 e. The van der Waals surface area contributed by atoms with E-state index in [1.807, 2.05) is 84.9 Å². The van der Waals surface area contributed by atoms with E-state index in [1.165, 1.54) is 0 Å². The molecule has 4 nitrogen and oxygen atoms in total. The minimum absolute atomic E-state index is 0.512. The molecule has 194 valence electrons. The Balaban J connectivity index is 1.41. The highest BCUT2D eigenvalue weighted by molar-refractivity contribution is 6.08. The quantitative estimate of drug-likeness (QED) is 0.225. The van der Waals surface area contributed by atoms with Gasteiger partial charge in [-0.15, -0.1) is 0 Å². The Morgan fingerprint density at radius 3 is 1.81 bits per heavy atom. The van der Waals surface area contributed by atoms with Crippen LogP contribution in [-0.4, -0.2) is 0 Å². The van der Waals surface area contributed by atoms with Crippen molar-refractivity contribution >= 4 is 43.9 Å². The van der Waals surface area contributed by atoms with Gasteiger partial charge in [-0.3, -0.25) is 0 Å². The lowest BCUT2D eigenvalue weighted by atomic mass is 9.86. The van der Waals surface area contributed by atoms with Crippen molar-refractivity contribution in [1.82, 2.24) is 0 Å². The van der Waals surface area contributed by atoms with Crippen molar-refractivity contribution in [1.29, 1.82) is 10.5 Å². The molecule has 0 spiro atoms. The van der Waals surface area contributed by atoms with Crippen molar-refractivity contribution in [2.75, 3.05) is 0 Å². The predicted molar refractivity (Wildman–Crippen MR) is 167 cm³/mol. The van der Waals surface area contributed by atoms with Gasteiger partial charge in [0, 0.05) is 38.2 Å². The van der Waals surface area contributed by atoms with Gasteiger partial charge in [0.25, 0.3) is 0 Å². The fourth-order valence-corrected chi connectivity index (χ4v) is 5.98. The van der Waals surface area contributed by atoms with E-state index < -0.39 is 0 Å². The van der Waals surface area contributed by atoms with Gasteiger partial charge in [0.2, 0.25) is 0 Å². The maximum Gasteiger partial charge on any atom is 0.136 e. The van der Waals surface area contributed by atoms with Gasteiger partial charge in [-0.1, -0.05) is 66.7 Å². The van der Waals surface area contributed by atoms with Gasteiger partial charge in [-0.25, -0.2) is 0 Å². The molecule has 42 heavy (non-hydrogen) atoms. The van der Waals surface area contributed by atoms with E-state index in [0.717, 1.165) is 71.7 Å². The monoisotopic (exact) mass is 536 g/mol. The Bertz CT molecular complexity index is 2450. The first-order valence-electron chi connectivity index (χ1n) is 13.6. The third-order valence-electron chi connectivity index (χ3n) is 7.99.